The maximum atomic E-state index is 12.1. The van der Waals surface area contributed by atoms with Gasteiger partial charge in [0.1, 0.15) is 4.32 Å². The van der Waals surface area contributed by atoms with E-state index < -0.39 is 5.97 Å². The Bertz CT molecular complexity index is 656. The van der Waals surface area contributed by atoms with Gasteiger partial charge >= 0.3 is 5.97 Å². The van der Waals surface area contributed by atoms with Crippen LogP contribution < -0.4 is 0 Å². The van der Waals surface area contributed by atoms with Crippen LogP contribution in [0.3, 0.4) is 0 Å². The molecule has 0 atom stereocenters. The number of hydrogen-bond donors (Lipinski definition) is 3. The van der Waals surface area contributed by atoms with Crippen molar-refractivity contribution in [2.75, 3.05) is 6.54 Å². The average molecular weight is 325 g/mol. The molecule has 0 aromatic heterocycles. The Morgan fingerprint density at radius 1 is 1.33 bits per heavy atom. The molecule has 0 unspecified atom stereocenters. The minimum atomic E-state index is -1.00. The quantitative estimate of drug-likeness (QED) is 0.441. The van der Waals surface area contributed by atoms with Crippen LogP contribution in [0, 0.1) is 0 Å². The molecule has 1 fully saturated rings. The van der Waals surface area contributed by atoms with Crippen LogP contribution in [0.15, 0.2) is 23.1 Å². The predicted octanol–water partition coefficient (Wildman–Crippen LogP) is 1.77. The van der Waals surface area contributed by atoms with Crippen molar-refractivity contribution in [1.29, 1.82) is 0 Å². The van der Waals surface area contributed by atoms with Crippen LogP contribution in [0.4, 0.5) is 0 Å². The Hall–Kier alpha value is -2.06. The van der Waals surface area contributed by atoms with Gasteiger partial charge in [-0.2, -0.15) is 0 Å². The van der Waals surface area contributed by atoms with Gasteiger partial charge in [0.25, 0.3) is 5.91 Å². The molecule has 1 saturated heterocycles. The fraction of sp³-hybridized carbons (Fsp3) is 0.154. The number of thioether (sulfide) groups is 1. The molecule has 0 bridgehead atoms. The normalized spacial score (nSPS) is 16.8. The van der Waals surface area contributed by atoms with Crippen molar-refractivity contribution in [2.45, 2.75) is 6.42 Å². The smallest absolute Gasteiger partial charge is 0.305 e. The molecule has 1 amide bonds. The van der Waals surface area contributed by atoms with Gasteiger partial charge in [0, 0.05) is 6.54 Å². The number of carbonyl (C=O) groups excluding carboxylic acids is 1. The van der Waals surface area contributed by atoms with Crippen LogP contribution in [0.1, 0.15) is 12.0 Å². The molecule has 2 rings (SSSR count). The summed E-state index contributed by atoms with van der Waals surface area (Å²) < 4.78 is 0.301. The van der Waals surface area contributed by atoms with Crippen LogP contribution in [0.25, 0.3) is 6.08 Å². The van der Waals surface area contributed by atoms with Crippen molar-refractivity contribution in [2.24, 2.45) is 0 Å². The second kappa shape index (κ2) is 6.15. The van der Waals surface area contributed by atoms with Gasteiger partial charge < -0.3 is 15.3 Å². The van der Waals surface area contributed by atoms with Gasteiger partial charge in [-0.25, -0.2) is 0 Å². The molecule has 1 aliphatic heterocycles. The first kappa shape index (κ1) is 15.3. The highest BCUT2D eigenvalue weighted by atomic mass is 32.2. The lowest BCUT2D eigenvalue weighted by atomic mass is 10.2. The fourth-order valence-corrected chi connectivity index (χ4v) is 2.99. The lowest BCUT2D eigenvalue weighted by Gasteiger charge is -2.12. The van der Waals surface area contributed by atoms with E-state index in [4.69, 9.17) is 17.3 Å². The van der Waals surface area contributed by atoms with E-state index in [9.17, 15) is 19.8 Å². The third-order valence-electron chi connectivity index (χ3n) is 2.72. The van der Waals surface area contributed by atoms with Gasteiger partial charge in [-0.1, -0.05) is 30.0 Å². The molecular formula is C13H11NO5S2. The van der Waals surface area contributed by atoms with Crippen LogP contribution >= 0.6 is 24.0 Å². The number of nitrogens with zero attached hydrogens (tertiary/aromatic N) is 1. The van der Waals surface area contributed by atoms with Crippen molar-refractivity contribution in [1.82, 2.24) is 4.90 Å². The maximum Gasteiger partial charge on any atom is 0.305 e. The molecule has 0 radical (unpaired) electrons. The molecule has 0 spiro atoms. The van der Waals surface area contributed by atoms with E-state index in [2.05, 4.69) is 0 Å². The monoisotopic (exact) mass is 325 g/mol. The van der Waals surface area contributed by atoms with Gasteiger partial charge in [0.2, 0.25) is 0 Å². The third-order valence-corrected chi connectivity index (χ3v) is 4.10. The van der Waals surface area contributed by atoms with E-state index in [1.165, 1.54) is 23.1 Å². The summed E-state index contributed by atoms with van der Waals surface area (Å²) in [4.78, 5) is 24.3. The van der Waals surface area contributed by atoms with Crippen molar-refractivity contribution >= 4 is 46.3 Å². The second-order valence-corrected chi connectivity index (χ2v) is 5.90. The summed E-state index contributed by atoms with van der Waals surface area (Å²) in [6.45, 7) is 0.0260. The largest absolute Gasteiger partial charge is 0.504 e. The first-order chi connectivity index (χ1) is 9.88. The Labute approximate surface area is 129 Å². The maximum absolute atomic E-state index is 12.1. The van der Waals surface area contributed by atoms with E-state index in [-0.39, 0.29) is 30.4 Å². The number of carboxylic acids is 1. The molecule has 8 heteroatoms. The predicted molar refractivity (Wildman–Crippen MR) is 81.9 cm³/mol. The van der Waals surface area contributed by atoms with Gasteiger partial charge in [0.05, 0.1) is 11.3 Å². The van der Waals surface area contributed by atoms with Gasteiger partial charge in [-0.3, -0.25) is 14.5 Å². The zero-order chi connectivity index (χ0) is 15.6. The van der Waals surface area contributed by atoms with Crippen molar-refractivity contribution in [3.8, 4) is 11.5 Å². The summed E-state index contributed by atoms with van der Waals surface area (Å²) in [6, 6.07) is 4.17. The molecule has 0 aliphatic carbocycles. The van der Waals surface area contributed by atoms with E-state index in [1.54, 1.807) is 6.07 Å². The number of aliphatic carboxylic acids is 1. The van der Waals surface area contributed by atoms with E-state index in [1.807, 2.05) is 0 Å². The van der Waals surface area contributed by atoms with Crippen LogP contribution in [-0.2, 0) is 9.59 Å². The molecule has 1 aliphatic rings. The van der Waals surface area contributed by atoms with Gasteiger partial charge in [0.15, 0.2) is 11.5 Å². The zero-order valence-corrected chi connectivity index (χ0v) is 12.3. The lowest BCUT2D eigenvalue weighted by molar-refractivity contribution is -0.137. The molecule has 21 heavy (non-hydrogen) atoms. The first-order valence-electron chi connectivity index (χ1n) is 5.87. The summed E-state index contributed by atoms with van der Waals surface area (Å²) in [5.74, 6) is -1.90. The highest BCUT2D eigenvalue weighted by molar-refractivity contribution is 8.26. The lowest BCUT2D eigenvalue weighted by Crippen LogP contribution is -2.30. The number of hydrogen-bond acceptors (Lipinski definition) is 6. The highest BCUT2D eigenvalue weighted by Crippen LogP contribution is 2.34. The number of rotatable bonds is 4. The first-order valence-corrected chi connectivity index (χ1v) is 7.10. The number of carboxylic acid groups (broad SMARTS) is 1. The molecule has 6 nitrogen and oxygen atoms in total. The molecule has 1 heterocycles. The Morgan fingerprint density at radius 2 is 2.05 bits per heavy atom. The minimum Gasteiger partial charge on any atom is -0.504 e. The highest BCUT2D eigenvalue weighted by Gasteiger charge is 2.32. The summed E-state index contributed by atoms with van der Waals surface area (Å²) >= 11 is 6.12. The SMILES string of the molecule is O=C(O)CCN1C(=O)/C(=C\c2ccc(O)c(O)c2)SC1=S. The number of thiocarbonyl (C=S) groups is 1. The third kappa shape index (κ3) is 3.53. The zero-order valence-electron chi connectivity index (χ0n) is 10.6. The number of phenols is 2. The number of phenolic OH excluding ortho intramolecular Hbond substituents is 2. The summed E-state index contributed by atoms with van der Waals surface area (Å²) in [5, 5.41) is 27.3. The Morgan fingerprint density at radius 3 is 2.67 bits per heavy atom. The summed E-state index contributed by atoms with van der Waals surface area (Å²) in [7, 11) is 0. The van der Waals surface area contributed by atoms with Crippen LogP contribution in [0.2, 0.25) is 0 Å². The average Bonchev–Trinajstić information content (AvgIpc) is 2.67. The molecule has 3 N–H and O–H groups in total. The summed E-state index contributed by atoms with van der Waals surface area (Å²) in [6.07, 6.45) is 1.35. The van der Waals surface area contributed by atoms with Gasteiger partial charge in [-0.15, -0.1) is 0 Å². The molecule has 1 aromatic rings. The van der Waals surface area contributed by atoms with Crippen LogP contribution in [0.5, 0.6) is 11.5 Å². The number of benzene rings is 1. The number of carbonyl (C=O) groups is 2. The van der Waals surface area contributed by atoms with Crippen molar-refractivity contribution in [3.63, 3.8) is 0 Å². The van der Waals surface area contributed by atoms with E-state index in [0.29, 0.717) is 14.8 Å². The topological polar surface area (TPSA) is 98.1 Å². The van der Waals surface area contributed by atoms with Gasteiger partial charge in [-0.05, 0) is 23.8 Å². The Balaban J connectivity index is 2.19. The number of aromatic hydroxyl groups is 2. The molecular weight excluding hydrogens is 314 g/mol. The van der Waals surface area contributed by atoms with E-state index in [0.717, 1.165) is 11.8 Å². The van der Waals surface area contributed by atoms with E-state index >= 15 is 0 Å². The van der Waals surface area contributed by atoms with Crippen LogP contribution in [-0.4, -0.2) is 43.0 Å². The standard InChI is InChI=1S/C13H11NO5S2/c15-8-2-1-7(5-9(8)16)6-10-12(19)14(13(20)21-10)4-3-11(17)18/h1-2,5-6,15-16H,3-4H2,(H,17,18)/b10-6+. The van der Waals surface area contributed by atoms with Crippen molar-refractivity contribution in [3.05, 3.63) is 28.7 Å². The molecule has 0 saturated carbocycles. The summed E-state index contributed by atoms with van der Waals surface area (Å²) in [5.41, 5.74) is 0.532. The second-order valence-electron chi connectivity index (χ2n) is 4.23. The van der Waals surface area contributed by atoms with Crippen molar-refractivity contribution < 1.29 is 24.9 Å². The Kier molecular flexibility index (Phi) is 4.49. The molecule has 1 aromatic carbocycles. The fourth-order valence-electron chi connectivity index (χ4n) is 1.68. The minimum absolute atomic E-state index is 0.0260. The molecule has 110 valence electrons. The number of amides is 1.